The van der Waals surface area contributed by atoms with E-state index in [2.05, 4.69) is 20.1 Å². The largest absolute Gasteiger partial charge is 0.347 e. The molecule has 0 atom stereocenters. The number of likely N-dealkylation sites (tertiary alicyclic amines) is 1. The molecule has 0 aromatic heterocycles. The third-order valence-electron chi connectivity index (χ3n) is 4.60. The van der Waals surface area contributed by atoms with E-state index in [1.807, 2.05) is 4.90 Å². The van der Waals surface area contributed by atoms with Crippen molar-refractivity contribution in [2.75, 3.05) is 73.5 Å². The van der Waals surface area contributed by atoms with Gasteiger partial charge in [-0.15, -0.1) is 0 Å². The minimum absolute atomic E-state index is 0.0194. The molecule has 8 heteroatoms. The summed E-state index contributed by atoms with van der Waals surface area (Å²) in [6, 6.07) is 0. The molecule has 0 saturated carbocycles. The Morgan fingerprint density at radius 1 is 1.00 bits per heavy atom. The molecule has 8 nitrogen and oxygen atoms in total. The van der Waals surface area contributed by atoms with Crippen LogP contribution >= 0.6 is 0 Å². The summed E-state index contributed by atoms with van der Waals surface area (Å²) in [4.78, 5) is 36.0. The Balaban J connectivity index is 1.74. The Morgan fingerprint density at radius 2 is 1.62 bits per heavy atom. The zero-order valence-corrected chi connectivity index (χ0v) is 15.1. The second-order valence-electron chi connectivity index (χ2n) is 6.54. The van der Waals surface area contributed by atoms with Gasteiger partial charge in [0.05, 0.1) is 13.1 Å². The smallest absolute Gasteiger partial charge is 0.241 e. The Hall–Kier alpha value is -1.83. The number of likely N-dealkylation sites (N-methyl/N-ethyl adjacent to an activating group) is 1. The van der Waals surface area contributed by atoms with Crippen molar-refractivity contribution in [2.45, 2.75) is 12.8 Å². The number of carbonyl (C=O) groups is 2. The molecule has 2 rings (SSSR count). The van der Waals surface area contributed by atoms with E-state index < -0.39 is 0 Å². The fraction of sp³-hybridized carbons (Fsp3) is 0.812. The quantitative estimate of drug-likeness (QED) is 0.520. The number of hydrogen-bond acceptors (Lipinski definition) is 4. The Labute approximate surface area is 144 Å². The number of nitrogens with zero attached hydrogens (tertiary/aromatic N) is 5. The average molecular weight is 338 g/mol. The monoisotopic (exact) mass is 338 g/mol. The van der Waals surface area contributed by atoms with E-state index >= 15 is 0 Å². The van der Waals surface area contributed by atoms with Crippen molar-refractivity contribution in [1.29, 1.82) is 0 Å². The first-order valence-electron chi connectivity index (χ1n) is 8.67. The van der Waals surface area contributed by atoms with Crippen LogP contribution in [0.1, 0.15) is 12.8 Å². The lowest BCUT2D eigenvalue weighted by atomic mass is 10.3. The summed E-state index contributed by atoms with van der Waals surface area (Å²) in [5, 5.41) is 3.11. The molecule has 2 fully saturated rings. The summed E-state index contributed by atoms with van der Waals surface area (Å²) in [7, 11) is 5.21. The molecule has 0 radical (unpaired) electrons. The Morgan fingerprint density at radius 3 is 2.17 bits per heavy atom. The first-order chi connectivity index (χ1) is 11.5. The number of carbonyl (C=O) groups excluding carboxylic acids is 2. The van der Waals surface area contributed by atoms with Gasteiger partial charge in [0.1, 0.15) is 0 Å². The molecule has 0 aromatic rings. The Kier molecular flexibility index (Phi) is 6.84. The molecule has 24 heavy (non-hydrogen) atoms. The second-order valence-corrected chi connectivity index (χ2v) is 6.54. The van der Waals surface area contributed by atoms with Gasteiger partial charge in [0.15, 0.2) is 5.96 Å². The number of rotatable bonds is 4. The molecule has 0 aliphatic carbocycles. The minimum atomic E-state index is 0.0194. The number of hydrogen-bond donors (Lipinski definition) is 1. The number of guanidine groups is 1. The van der Waals surface area contributed by atoms with Gasteiger partial charge in [-0.25, -0.2) is 0 Å². The average Bonchev–Trinajstić information content (AvgIpc) is 3.11. The molecule has 0 bridgehead atoms. The van der Waals surface area contributed by atoms with E-state index in [-0.39, 0.29) is 18.4 Å². The molecule has 2 amide bonds. The molecule has 1 N–H and O–H groups in total. The molecular formula is C16H30N6O2. The van der Waals surface area contributed by atoms with E-state index in [0.29, 0.717) is 6.54 Å². The maximum absolute atomic E-state index is 12.2. The lowest BCUT2D eigenvalue weighted by molar-refractivity contribution is -0.131. The van der Waals surface area contributed by atoms with Gasteiger partial charge >= 0.3 is 0 Å². The van der Waals surface area contributed by atoms with Gasteiger partial charge in [0, 0.05) is 60.4 Å². The van der Waals surface area contributed by atoms with E-state index in [1.54, 1.807) is 26.0 Å². The topological polar surface area (TPSA) is 71.5 Å². The van der Waals surface area contributed by atoms with Crippen LogP contribution < -0.4 is 5.32 Å². The Bertz CT molecular complexity index is 465. The van der Waals surface area contributed by atoms with Crippen LogP contribution in [-0.2, 0) is 9.59 Å². The van der Waals surface area contributed by atoms with Crippen LogP contribution in [0, 0.1) is 0 Å². The second kappa shape index (κ2) is 8.86. The van der Waals surface area contributed by atoms with Gasteiger partial charge in [-0.2, -0.15) is 0 Å². The summed E-state index contributed by atoms with van der Waals surface area (Å²) < 4.78 is 0. The van der Waals surface area contributed by atoms with E-state index in [4.69, 9.17) is 0 Å². The predicted molar refractivity (Wildman–Crippen MR) is 93.9 cm³/mol. The summed E-state index contributed by atoms with van der Waals surface area (Å²) in [6.45, 7) is 5.87. The highest BCUT2D eigenvalue weighted by atomic mass is 16.2. The van der Waals surface area contributed by atoms with Crippen LogP contribution in [-0.4, -0.2) is 111 Å². The van der Waals surface area contributed by atoms with Crippen molar-refractivity contribution < 1.29 is 9.59 Å². The number of aliphatic imine (C=N–C) groups is 1. The lowest BCUT2D eigenvalue weighted by Gasteiger charge is -2.36. The predicted octanol–water partition coefficient (Wildman–Crippen LogP) is -1.11. The highest BCUT2D eigenvalue weighted by Crippen LogP contribution is 2.09. The molecule has 2 aliphatic rings. The molecule has 0 unspecified atom stereocenters. The minimum Gasteiger partial charge on any atom is -0.347 e. The normalized spacial score (nSPS) is 19.5. The SMILES string of the molecule is CN=C(NCC(=O)N(C)C)N1CCN(CC(=O)N2CCCC2)CC1. The summed E-state index contributed by atoms with van der Waals surface area (Å²) >= 11 is 0. The fourth-order valence-corrected chi connectivity index (χ4v) is 3.02. The molecule has 2 heterocycles. The van der Waals surface area contributed by atoms with Crippen LogP contribution in [0.2, 0.25) is 0 Å². The first-order valence-corrected chi connectivity index (χ1v) is 8.67. The van der Waals surface area contributed by atoms with Crippen molar-refractivity contribution in [3.05, 3.63) is 0 Å². The van der Waals surface area contributed by atoms with Crippen LogP contribution in [0.5, 0.6) is 0 Å². The van der Waals surface area contributed by atoms with E-state index in [9.17, 15) is 9.59 Å². The highest BCUT2D eigenvalue weighted by Gasteiger charge is 2.24. The van der Waals surface area contributed by atoms with Crippen LogP contribution in [0.4, 0.5) is 0 Å². The number of amides is 2. The van der Waals surface area contributed by atoms with Gasteiger partial charge in [-0.3, -0.25) is 19.5 Å². The number of piperazine rings is 1. The fourth-order valence-electron chi connectivity index (χ4n) is 3.02. The lowest BCUT2D eigenvalue weighted by Crippen LogP contribution is -2.55. The van der Waals surface area contributed by atoms with Crippen LogP contribution in [0.25, 0.3) is 0 Å². The van der Waals surface area contributed by atoms with E-state index in [0.717, 1.165) is 58.1 Å². The van der Waals surface area contributed by atoms with Gasteiger partial charge < -0.3 is 20.0 Å². The van der Waals surface area contributed by atoms with Crippen LogP contribution in [0.3, 0.4) is 0 Å². The van der Waals surface area contributed by atoms with Crippen molar-refractivity contribution >= 4 is 17.8 Å². The molecule has 2 aliphatic heterocycles. The maximum atomic E-state index is 12.2. The molecular weight excluding hydrogens is 308 g/mol. The van der Waals surface area contributed by atoms with Gasteiger partial charge in [0.25, 0.3) is 0 Å². The first kappa shape index (κ1) is 18.5. The standard InChI is InChI=1S/C16H30N6O2/c1-17-16(18-12-14(23)19(2)3)22-10-8-20(9-11-22)13-15(24)21-6-4-5-7-21/h4-13H2,1-3H3,(H,17,18). The third kappa shape index (κ3) is 5.09. The molecule has 0 aromatic carbocycles. The zero-order chi connectivity index (χ0) is 17.5. The van der Waals surface area contributed by atoms with Gasteiger partial charge in [0.2, 0.25) is 11.8 Å². The van der Waals surface area contributed by atoms with E-state index in [1.165, 1.54) is 0 Å². The number of nitrogens with one attached hydrogen (secondary N) is 1. The summed E-state index contributed by atoms with van der Waals surface area (Å²) in [5.74, 6) is 1.02. The van der Waals surface area contributed by atoms with Crippen molar-refractivity contribution in [2.24, 2.45) is 4.99 Å². The van der Waals surface area contributed by atoms with Crippen molar-refractivity contribution in [3.63, 3.8) is 0 Å². The molecule has 2 saturated heterocycles. The molecule has 0 spiro atoms. The summed E-state index contributed by atoms with van der Waals surface area (Å²) in [6.07, 6.45) is 2.26. The zero-order valence-electron chi connectivity index (χ0n) is 15.1. The maximum Gasteiger partial charge on any atom is 0.241 e. The molecule has 136 valence electrons. The van der Waals surface area contributed by atoms with Crippen LogP contribution in [0.15, 0.2) is 4.99 Å². The van der Waals surface area contributed by atoms with Gasteiger partial charge in [-0.05, 0) is 12.8 Å². The van der Waals surface area contributed by atoms with Crippen molar-refractivity contribution in [3.8, 4) is 0 Å². The highest BCUT2D eigenvalue weighted by molar-refractivity contribution is 5.86. The third-order valence-corrected chi connectivity index (χ3v) is 4.60. The summed E-state index contributed by atoms with van der Waals surface area (Å²) in [5.41, 5.74) is 0. The van der Waals surface area contributed by atoms with Gasteiger partial charge in [-0.1, -0.05) is 0 Å². The van der Waals surface area contributed by atoms with Crippen molar-refractivity contribution in [1.82, 2.24) is 24.9 Å².